The van der Waals surface area contributed by atoms with E-state index in [0.717, 1.165) is 11.3 Å². The van der Waals surface area contributed by atoms with E-state index < -0.39 is 5.54 Å². The van der Waals surface area contributed by atoms with E-state index in [1.165, 1.54) is 0 Å². The maximum absolute atomic E-state index is 12.7. The van der Waals surface area contributed by atoms with Gasteiger partial charge in [-0.3, -0.25) is 4.79 Å². The number of anilines is 1. The van der Waals surface area contributed by atoms with Crippen LogP contribution in [0, 0.1) is 5.92 Å². The summed E-state index contributed by atoms with van der Waals surface area (Å²) in [6.07, 6.45) is 3.68. The molecule has 1 unspecified atom stereocenters. The third kappa shape index (κ3) is 1.52. The molecule has 1 aromatic rings. The van der Waals surface area contributed by atoms with Crippen molar-refractivity contribution in [3.63, 3.8) is 0 Å². The molecule has 2 rings (SSSR count). The van der Waals surface area contributed by atoms with Crippen molar-refractivity contribution in [1.82, 2.24) is 0 Å². The summed E-state index contributed by atoms with van der Waals surface area (Å²) < 4.78 is 0. The molecule has 0 aliphatic carbocycles. The number of Topliss-reactive ketones (excluding diaryl/α,β-unsaturated/α-hetero) is 1. The second-order valence-corrected chi connectivity index (χ2v) is 4.92. The monoisotopic (exact) mass is 241 g/mol. The second kappa shape index (κ2) is 4.45. The van der Waals surface area contributed by atoms with Gasteiger partial charge in [0.25, 0.3) is 0 Å². The van der Waals surface area contributed by atoms with Crippen molar-refractivity contribution in [2.75, 3.05) is 11.4 Å². The van der Waals surface area contributed by atoms with Gasteiger partial charge in [0.1, 0.15) is 5.54 Å². The highest BCUT2D eigenvalue weighted by Gasteiger charge is 2.49. The third-order valence-corrected chi connectivity index (χ3v) is 4.01. The fourth-order valence-electron chi connectivity index (χ4n) is 2.65. The van der Waals surface area contributed by atoms with Crippen LogP contribution in [0.25, 0.3) is 0 Å². The highest BCUT2D eigenvalue weighted by molar-refractivity contribution is 6.14. The van der Waals surface area contributed by atoms with E-state index in [1.807, 2.05) is 50.3 Å². The van der Waals surface area contributed by atoms with Gasteiger partial charge >= 0.3 is 0 Å². The van der Waals surface area contributed by atoms with E-state index in [1.54, 1.807) is 0 Å². The summed E-state index contributed by atoms with van der Waals surface area (Å²) in [5.74, 6) is 0.254. The minimum Gasteiger partial charge on any atom is -0.354 e. The van der Waals surface area contributed by atoms with Crippen molar-refractivity contribution in [3.8, 4) is 0 Å². The number of carbonyl (C=O) groups is 1. The second-order valence-electron chi connectivity index (χ2n) is 4.92. The van der Waals surface area contributed by atoms with Crippen molar-refractivity contribution in [1.29, 1.82) is 0 Å². The molecule has 0 N–H and O–H groups in total. The van der Waals surface area contributed by atoms with Gasteiger partial charge in [0.2, 0.25) is 0 Å². The highest BCUT2D eigenvalue weighted by Crippen LogP contribution is 2.42. The van der Waals surface area contributed by atoms with Gasteiger partial charge in [-0.25, -0.2) is 0 Å². The van der Waals surface area contributed by atoms with Crippen molar-refractivity contribution >= 4 is 11.5 Å². The van der Waals surface area contributed by atoms with Gasteiger partial charge in [0.05, 0.1) is 0 Å². The lowest BCUT2D eigenvalue weighted by Crippen LogP contribution is -2.52. The molecule has 0 saturated carbocycles. The van der Waals surface area contributed by atoms with Crippen LogP contribution >= 0.6 is 0 Å². The predicted octanol–water partition coefficient (Wildman–Crippen LogP) is 3.46. The van der Waals surface area contributed by atoms with Crippen LogP contribution in [-0.2, 0) is 0 Å². The molecule has 2 atom stereocenters. The van der Waals surface area contributed by atoms with Crippen LogP contribution in [0.2, 0.25) is 0 Å². The first-order valence-electron chi connectivity index (χ1n) is 6.22. The van der Waals surface area contributed by atoms with Crippen LogP contribution in [0.4, 0.5) is 5.69 Å². The van der Waals surface area contributed by atoms with Gasteiger partial charge in [0.15, 0.2) is 5.78 Å². The molecule has 0 amide bonds. The standard InChI is InChI=1S/C16H19NO/c1-5-11-17-14-10-8-7-9-13(14)15(18)16(17,4)12(3)6-2/h5-10,12H,1-2,11H2,3-4H3/t12-,16?/m1/s1. The van der Waals surface area contributed by atoms with E-state index in [-0.39, 0.29) is 11.7 Å². The Morgan fingerprint density at radius 3 is 2.67 bits per heavy atom. The normalized spacial score (nSPS) is 23.7. The summed E-state index contributed by atoms with van der Waals surface area (Å²) in [5.41, 5.74) is 1.24. The molecule has 94 valence electrons. The molecular formula is C16H19NO. The fraction of sp³-hybridized carbons (Fsp3) is 0.312. The lowest BCUT2D eigenvalue weighted by atomic mass is 9.82. The molecule has 1 heterocycles. The summed E-state index contributed by atoms with van der Waals surface area (Å²) in [4.78, 5) is 14.8. The SMILES string of the molecule is C=CCN1c2ccccc2C(=O)C1(C)[C@H](C)C=C. The Balaban J connectivity index is 2.59. The molecule has 0 radical (unpaired) electrons. The molecular weight excluding hydrogens is 222 g/mol. The zero-order valence-corrected chi connectivity index (χ0v) is 11.0. The minimum atomic E-state index is -0.556. The number of hydrogen-bond acceptors (Lipinski definition) is 2. The summed E-state index contributed by atoms with van der Waals surface area (Å²) in [6.45, 7) is 12.3. The van der Waals surface area contributed by atoms with Gasteiger partial charge in [-0.1, -0.05) is 31.2 Å². The largest absolute Gasteiger partial charge is 0.354 e. The van der Waals surface area contributed by atoms with E-state index in [9.17, 15) is 4.79 Å². The van der Waals surface area contributed by atoms with Crippen LogP contribution in [0.15, 0.2) is 49.6 Å². The number of benzene rings is 1. The number of rotatable bonds is 4. The Hall–Kier alpha value is -1.83. The first kappa shape index (κ1) is 12.6. The smallest absolute Gasteiger partial charge is 0.190 e. The van der Waals surface area contributed by atoms with Crippen LogP contribution in [0.3, 0.4) is 0 Å². The van der Waals surface area contributed by atoms with Gasteiger partial charge in [-0.2, -0.15) is 0 Å². The zero-order valence-electron chi connectivity index (χ0n) is 11.0. The average molecular weight is 241 g/mol. The highest BCUT2D eigenvalue weighted by atomic mass is 16.1. The van der Waals surface area contributed by atoms with Crippen LogP contribution < -0.4 is 4.90 Å². The Labute approximate surface area is 109 Å². The molecule has 0 bridgehead atoms. The van der Waals surface area contributed by atoms with Crippen molar-refractivity contribution < 1.29 is 4.79 Å². The van der Waals surface area contributed by atoms with E-state index in [0.29, 0.717) is 6.54 Å². The Kier molecular flexibility index (Phi) is 3.12. The fourth-order valence-corrected chi connectivity index (χ4v) is 2.65. The molecule has 1 aliphatic rings. The lowest BCUT2D eigenvalue weighted by molar-refractivity contribution is 0.0885. The van der Waals surface area contributed by atoms with Crippen molar-refractivity contribution in [2.24, 2.45) is 5.92 Å². The van der Waals surface area contributed by atoms with Gasteiger partial charge < -0.3 is 4.90 Å². The lowest BCUT2D eigenvalue weighted by Gasteiger charge is -2.38. The van der Waals surface area contributed by atoms with Crippen molar-refractivity contribution in [3.05, 3.63) is 55.1 Å². The maximum Gasteiger partial charge on any atom is 0.190 e. The first-order chi connectivity index (χ1) is 8.57. The molecule has 1 aliphatic heterocycles. The predicted molar refractivity (Wildman–Crippen MR) is 76.1 cm³/mol. The molecule has 1 aromatic carbocycles. The van der Waals surface area contributed by atoms with E-state index >= 15 is 0 Å². The first-order valence-corrected chi connectivity index (χ1v) is 6.22. The maximum atomic E-state index is 12.7. The quantitative estimate of drug-likeness (QED) is 0.752. The van der Waals surface area contributed by atoms with Crippen LogP contribution in [0.5, 0.6) is 0 Å². The van der Waals surface area contributed by atoms with Crippen molar-refractivity contribution in [2.45, 2.75) is 19.4 Å². The summed E-state index contributed by atoms with van der Waals surface area (Å²) in [7, 11) is 0. The zero-order chi connectivity index (χ0) is 13.3. The Bertz CT molecular complexity index is 506. The number of hydrogen-bond donors (Lipinski definition) is 0. The molecule has 2 heteroatoms. The number of nitrogens with zero attached hydrogens (tertiary/aromatic N) is 1. The molecule has 0 fully saturated rings. The van der Waals surface area contributed by atoms with Gasteiger partial charge in [-0.15, -0.1) is 13.2 Å². The molecule has 0 saturated heterocycles. The van der Waals surface area contributed by atoms with Gasteiger partial charge in [0, 0.05) is 23.7 Å². The third-order valence-electron chi connectivity index (χ3n) is 4.01. The minimum absolute atomic E-state index is 0.0809. The molecule has 2 nitrogen and oxygen atoms in total. The Morgan fingerprint density at radius 1 is 1.39 bits per heavy atom. The van der Waals surface area contributed by atoms with Gasteiger partial charge in [-0.05, 0) is 19.1 Å². The number of carbonyl (C=O) groups excluding carboxylic acids is 1. The molecule has 0 aromatic heterocycles. The summed E-state index contributed by atoms with van der Waals surface area (Å²) in [6, 6.07) is 7.77. The van der Waals surface area contributed by atoms with Crippen LogP contribution in [0.1, 0.15) is 24.2 Å². The average Bonchev–Trinajstić information content (AvgIpc) is 2.62. The summed E-state index contributed by atoms with van der Waals surface area (Å²) in [5, 5.41) is 0. The summed E-state index contributed by atoms with van der Waals surface area (Å²) >= 11 is 0. The number of ketones is 1. The Morgan fingerprint density at radius 2 is 2.06 bits per heavy atom. The van der Waals surface area contributed by atoms with E-state index in [2.05, 4.69) is 18.1 Å². The number of para-hydroxylation sites is 1. The topological polar surface area (TPSA) is 20.3 Å². The van der Waals surface area contributed by atoms with Crippen LogP contribution in [-0.4, -0.2) is 17.9 Å². The number of fused-ring (bicyclic) bond motifs is 1. The molecule has 0 spiro atoms. The molecule has 18 heavy (non-hydrogen) atoms. The van der Waals surface area contributed by atoms with E-state index in [4.69, 9.17) is 0 Å².